The molecule has 1 atom stereocenters. The highest BCUT2D eigenvalue weighted by Gasteiger charge is 2.32. The van der Waals surface area contributed by atoms with E-state index < -0.39 is 10.9 Å². The van der Waals surface area contributed by atoms with Crippen molar-refractivity contribution in [2.45, 2.75) is 11.9 Å². The highest BCUT2D eigenvalue weighted by molar-refractivity contribution is 7.96. The highest BCUT2D eigenvalue weighted by Crippen LogP contribution is 2.20. The maximum atomic E-state index is 9.95. The fourth-order valence-corrected chi connectivity index (χ4v) is 0.325. The molecule has 0 saturated heterocycles. The highest BCUT2D eigenvalue weighted by atomic mass is 32.2. The summed E-state index contributed by atoms with van der Waals surface area (Å²) in [6.07, 6.45) is 0. The van der Waals surface area contributed by atoms with Gasteiger partial charge in [-0.25, -0.2) is 10.1 Å². The van der Waals surface area contributed by atoms with Gasteiger partial charge in [0.25, 0.3) is 0 Å². The van der Waals surface area contributed by atoms with Gasteiger partial charge < -0.3 is 10.2 Å². The van der Waals surface area contributed by atoms with Gasteiger partial charge in [0.2, 0.25) is 4.93 Å². The summed E-state index contributed by atoms with van der Waals surface area (Å²) in [7, 11) is 0. The van der Waals surface area contributed by atoms with Gasteiger partial charge in [-0.3, -0.25) is 0 Å². The molecule has 0 bridgehead atoms. The van der Waals surface area contributed by atoms with Gasteiger partial charge in [0.15, 0.2) is 0 Å². The largest absolute Gasteiger partial charge is 0.478 e. The number of hydrogen-bond donors (Lipinski definition) is 3. The first-order valence-corrected chi connectivity index (χ1v) is 2.70. The van der Waals surface area contributed by atoms with Crippen molar-refractivity contribution in [3.8, 4) is 0 Å². The van der Waals surface area contributed by atoms with Gasteiger partial charge >= 0.3 is 5.97 Å². The average Bonchev–Trinajstić information content (AvgIpc) is 1.65. The molecule has 0 radical (unpaired) electrons. The molecule has 3 N–H and O–H groups in total. The molecule has 0 saturated carbocycles. The third-order valence-corrected chi connectivity index (χ3v) is 1.17. The van der Waals surface area contributed by atoms with Crippen molar-refractivity contribution in [3.63, 3.8) is 0 Å². The Bertz CT molecular complexity index is 111. The van der Waals surface area contributed by atoms with Gasteiger partial charge in [-0.05, 0) is 6.92 Å². The predicted molar refractivity (Wildman–Crippen MR) is 29.6 cm³/mol. The second-order valence-corrected chi connectivity index (χ2v) is 2.56. The molecule has 0 aliphatic heterocycles. The van der Waals surface area contributed by atoms with Crippen molar-refractivity contribution in [2.75, 3.05) is 0 Å². The Balaban J connectivity index is 3.85. The minimum atomic E-state index is -2.09. The van der Waals surface area contributed by atoms with Gasteiger partial charge in [-0.15, -0.1) is 0 Å². The number of hydrogen-bond acceptors (Lipinski definition) is 5. The third-order valence-electron chi connectivity index (χ3n) is 0.596. The maximum absolute atomic E-state index is 9.95. The Hall–Kier alpha value is -0.300. The van der Waals surface area contributed by atoms with E-state index in [1.54, 1.807) is 0 Å². The van der Waals surface area contributed by atoms with Crippen molar-refractivity contribution >= 4 is 18.0 Å². The van der Waals surface area contributed by atoms with E-state index in [-0.39, 0.29) is 12.0 Å². The van der Waals surface area contributed by atoms with Crippen molar-refractivity contribution in [3.05, 3.63) is 0 Å². The average molecular weight is 154 g/mol. The Morgan fingerprint density at radius 3 is 2.33 bits per heavy atom. The summed E-state index contributed by atoms with van der Waals surface area (Å²) >= 11 is 0.0532. The number of carbonyl (C=O) groups is 1. The molecular weight excluding hydrogens is 148 g/mol. The van der Waals surface area contributed by atoms with E-state index in [2.05, 4.69) is 4.33 Å². The number of aliphatic hydroxyl groups is 1. The van der Waals surface area contributed by atoms with Crippen molar-refractivity contribution in [1.29, 1.82) is 0 Å². The molecule has 0 aliphatic rings. The summed E-state index contributed by atoms with van der Waals surface area (Å²) in [6, 6.07) is 0. The lowest BCUT2D eigenvalue weighted by Crippen LogP contribution is -2.30. The van der Waals surface area contributed by atoms with Crippen LogP contribution in [-0.2, 0) is 9.13 Å². The second-order valence-electron chi connectivity index (χ2n) is 1.45. The molecule has 0 aromatic heterocycles. The topological polar surface area (TPSA) is 87.0 Å². The van der Waals surface area contributed by atoms with Gasteiger partial charge in [0, 0.05) is 0 Å². The van der Waals surface area contributed by atoms with E-state index in [1.807, 2.05) is 0 Å². The summed E-state index contributed by atoms with van der Waals surface area (Å²) < 4.78 is 3.35. The number of rotatable bonds is 3. The van der Waals surface area contributed by atoms with Gasteiger partial charge in [-0.2, -0.15) is 4.33 Å². The van der Waals surface area contributed by atoms with Gasteiger partial charge in [-0.1, -0.05) is 0 Å². The summed E-state index contributed by atoms with van der Waals surface area (Å²) in [4.78, 5) is 7.86. The van der Waals surface area contributed by atoms with Crippen molar-refractivity contribution in [2.24, 2.45) is 0 Å². The van der Waals surface area contributed by atoms with E-state index in [0.29, 0.717) is 0 Å². The van der Waals surface area contributed by atoms with Crippen LogP contribution in [-0.4, -0.2) is 26.4 Å². The Kier molecular flexibility index (Phi) is 2.92. The van der Waals surface area contributed by atoms with E-state index in [9.17, 15) is 4.79 Å². The van der Waals surface area contributed by atoms with Crippen molar-refractivity contribution < 1.29 is 24.6 Å². The first kappa shape index (κ1) is 8.70. The molecule has 6 heteroatoms. The number of aliphatic carboxylic acids is 1. The fourth-order valence-electron chi connectivity index (χ4n) is 0.108. The summed E-state index contributed by atoms with van der Waals surface area (Å²) in [6.45, 7) is 0.982. The lowest BCUT2D eigenvalue weighted by Gasteiger charge is -2.11. The lowest BCUT2D eigenvalue weighted by atomic mass is 10.4. The molecule has 0 aromatic rings. The molecular formula is C3H6O5S. The van der Waals surface area contributed by atoms with Crippen molar-refractivity contribution in [1.82, 2.24) is 0 Å². The van der Waals surface area contributed by atoms with E-state index in [0.717, 1.165) is 6.92 Å². The van der Waals surface area contributed by atoms with Crippen LogP contribution in [0.2, 0.25) is 0 Å². The quantitative estimate of drug-likeness (QED) is 0.228. The van der Waals surface area contributed by atoms with Crippen LogP contribution in [0.5, 0.6) is 0 Å². The molecule has 5 nitrogen and oxygen atoms in total. The Labute approximate surface area is 55.4 Å². The van der Waals surface area contributed by atoms with Crippen LogP contribution in [0.15, 0.2) is 0 Å². The standard InChI is InChI=1S/C3H6O5S/c1-3(6,2(4)5)9-8-7/h6-7H,1H3,(H,4,5). The summed E-state index contributed by atoms with van der Waals surface area (Å²) in [5.74, 6) is -1.47. The first-order valence-electron chi connectivity index (χ1n) is 1.95. The van der Waals surface area contributed by atoms with Crippen LogP contribution in [0, 0.1) is 0 Å². The first-order chi connectivity index (χ1) is 4.00. The summed E-state index contributed by atoms with van der Waals surface area (Å²) in [5, 5.41) is 24.5. The molecule has 0 heterocycles. The molecule has 0 spiro atoms. The minimum Gasteiger partial charge on any atom is -0.478 e. The monoisotopic (exact) mass is 154 g/mol. The molecule has 9 heavy (non-hydrogen) atoms. The van der Waals surface area contributed by atoms with Crippen LogP contribution < -0.4 is 0 Å². The van der Waals surface area contributed by atoms with Gasteiger partial charge in [0.05, 0.1) is 12.0 Å². The number of carboxylic acids is 1. The zero-order valence-electron chi connectivity index (χ0n) is 4.57. The minimum absolute atomic E-state index is 0.0532. The SMILES string of the molecule is CC(O)(SOO)C(=O)O. The zero-order chi connectivity index (χ0) is 7.49. The van der Waals surface area contributed by atoms with E-state index in [1.165, 1.54) is 0 Å². The smallest absolute Gasteiger partial charge is 0.348 e. The van der Waals surface area contributed by atoms with Crippen LogP contribution in [0.25, 0.3) is 0 Å². The van der Waals surface area contributed by atoms with E-state index >= 15 is 0 Å². The lowest BCUT2D eigenvalue weighted by molar-refractivity contribution is -0.153. The van der Waals surface area contributed by atoms with Crippen LogP contribution in [0.1, 0.15) is 6.92 Å². The summed E-state index contributed by atoms with van der Waals surface area (Å²) in [5.41, 5.74) is 0. The van der Waals surface area contributed by atoms with E-state index in [4.69, 9.17) is 15.5 Å². The fraction of sp³-hybridized carbons (Fsp3) is 0.667. The predicted octanol–water partition coefficient (Wildman–Crippen LogP) is -0.0827. The Morgan fingerprint density at radius 1 is 1.78 bits per heavy atom. The number of carboxylic acid groups (broad SMARTS) is 1. The molecule has 1 unspecified atom stereocenters. The Morgan fingerprint density at radius 2 is 2.22 bits per heavy atom. The molecule has 54 valence electrons. The van der Waals surface area contributed by atoms with Gasteiger partial charge in [0.1, 0.15) is 0 Å². The normalized spacial score (nSPS) is 16.8. The van der Waals surface area contributed by atoms with Crippen LogP contribution in [0.4, 0.5) is 0 Å². The second kappa shape index (κ2) is 3.02. The molecule has 0 rings (SSSR count). The van der Waals surface area contributed by atoms with Crippen LogP contribution in [0.3, 0.4) is 0 Å². The van der Waals surface area contributed by atoms with Crippen LogP contribution >= 0.6 is 12.0 Å². The zero-order valence-corrected chi connectivity index (χ0v) is 5.38. The molecule has 0 amide bonds. The molecule has 0 aliphatic carbocycles. The third kappa shape index (κ3) is 2.66. The maximum Gasteiger partial charge on any atom is 0.348 e. The molecule has 0 fully saturated rings. The molecule has 0 aromatic carbocycles.